The first kappa shape index (κ1) is 20.9. The van der Waals surface area contributed by atoms with E-state index in [2.05, 4.69) is 27.3 Å². The normalized spacial score (nSPS) is 15.8. The van der Waals surface area contributed by atoms with Gasteiger partial charge in [-0.3, -0.25) is 4.79 Å². The van der Waals surface area contributed by atoms with Crippen molar-refractivity contribution < 1.29 is 9.53 Å². The van der Waals surface area contributed by atoms with Gasteiger partial charge in [-0.05, 0) is 51.0 Å². The molecule has 1 aliphatic carbocycles. The fourth-order valence-corrected chi connectivity index (χ4v) is 5.51. The summed E-state index contributed by atoms with van der Waals surface area (Å²) in [5.74, 6) is 1.02. The van der Waals surface area contributed by atoms with E-state index in [1.165, 1.54) is 42.4 Å². The van der Waals surface area contributed by atoms with Crippen molar-refractivity contribution in [1.82, 2.24) is 15.1 Å². The largest absolute Gasteiger partial charge is 0.497 e. The van der Waals surface area contributed by atoms with Crippen molar-refractivity contribution in [2.24, 2.45) is 0 Å². The molecule has 0 radical (unpaired) electrons. The maximum atomic E-state index is 13.0. The molecule has 6 nitrogen and oxygen atoms in total. The van der Waals surface area contributed by atoms with Crippen LogP contribution in [0.25, 0.3) is 0 Å². The van der Waals surface area contributed by atoms with Gasteiger partial charge in [0.25, 0.3) is 0 Å². The molecule has 0 aliphatic heterocycles. The van der Waals surface area contributed by atoms with Crippen molar-refractivity contribution in [1.29, 1.82) is 0 Å². The molecular formula is C20H28N4O2S2. The molecule has 3 rings (SSSR count). The third-order valence-electron chi connectivity index (χ3n) is 5.01. The van der Waals surface area contributed by atoms with Gasteiger partial charge >= 0.3 is 0 Å². The fraction of sp³-hybridized carbons (Fsp3) is 0.550. The molecule has 1 aromatic carbocycles. The number of benzene rings is 1. The predicted molar refractivity (Wildman–Crippen MR) is 116 cm³/mol. The second-order valence-electron chi connectivity index (χ2n) is 6.90. The molecule has 28 heavy (non-hydrogen) atoms. The molecule has 0 unspecified atom stereocenters. The molecule has 152 valence electrons. The number of hydrogen-bond acceptors (Lipinski definition) is 7. The lowest BCUT2D eigenvalue weighted by Crippen LogP contribution is -2.44. The van der Waals surface area contributed by atoms with Crippen molar-refractivity contribution >= 4 is 39.8 Å². The topological polar surface area (TPSA) is 67.4 Å². The number of hydrogen-bond donors (Lipinski definition) is 1. The molecule has 0 bridgehead atoms. The predicted octanol–water partition coefficient (Wildman–Crippen LogP) is 4.95. The van der Waals surface area contributed by atoms with Crippen molar-refractivity contribution in [3.05, 3.63) is 24.3 Å². The summed E-state index contributed by atoms with van der Waals surface area (Å²) in [5, 5.41) is 12.2. The minimum atomic E-state index is -0.163. The number of nitrogens with one attached hydrogen (secondary N) is 1. The second kappa shape index (κ2) is 10.1. The molecule has 8 heteroatoms. The number of nitrogens with zero attached hydrogens (tertiary/aromatic N) is 3. The summed E-state index contributed by atoms with van der Waals surface area (Å²) in [5.41, 5.74) is 0.923. The maximum Gasteiger partial charge on any atom is 0.236 e. The van der Waals surface area contributed by atoms with E-state index in [-0.39, 0.29) is 11.2 Å². The highest BCUT2D eigenvalue weighted by atomic mass is 32.2. The Morgan fingerprint density at radius 3 is 2.64 bits per heavy atom. The monoisotopic (exact) mass is 420 g/mol. The number of thioether (sulfide) groups is 1. The number of ether oxygens (including phenoxy) is 1. The summed E-state index contributed by atoms with van der Waals surface area (Å²) < 4.78 is 5.97. The van der Waals surface area contributed by atoms with Crippen LogP contribution in [-0.2, 0) is 4.79 Å². The molecule has 1 amide bonds. The third kappa shape index (κ3) is 5.38. The van der Waals surface area contributed by atoms with Crippen LogP contribution in [0.15, 0.2) is 28.6 Å². The van der Waals surface area contributed by atoms with E-state index in [4.69, 9.17) is 4.74 Å². The molecule has 1 atom stereocenters. The Hall–Kier alpha value is -1.80. The van der Waals surface area contributed by atoms with E-state index in [1.807, 2.05) is 31.2 Å². The van der Waals surface area contributed by atoms with Crippen LogP contribution in [0.5, 0.6) is 5.75 Å². The molecule has 1 heterocycles. The highest BCUT2D eigenvalue weighted by Gasteiger charge is 2.28. The Labute approximate surface area is 175 Å². The smallest absolute Gasteiger partial charge is 0.236 e. The van der Waals surface area contributed by atoms with Crippen LogP contribution in [-0.4, -0.2) is 46.0 Å². The summed E-state index contributed by atoms with van der Waals surface area (Å²) in [6.07, 6.45) is 6.01. The lowest BCUT2D eigenvalue weighted by molar-refractivity contribution is -0.133. The van der Waals surface area contributed by atoms with Gasteiger partial charge in [-0.1, -0.05) is 42.4 Å². The summed E-state index contributed by atoms with van der Waals surface area (Å²) in [7, 11) is 1.65. The van der Waals surface area contributed by atoms with Crippen LogP contribution in [0.1, 0.15) is 46.0 Å². The molecule has 1 aliphatic rings. The van der Waals surface area contributed by atoms with Crippen molar-refractivity contribution in [3.8, 4) is 5.75 Å². The average molecular weight is 421 g/mol. The molecule has 1 saturated carbocycles. The van der Waals surface area contributed by atoms with Gasteiger partial charge in [0.05, 0.1) is 12.4 Å². The van der Waals surface area contributed by atoms with Crippen LogP contribution < -0.4 is 10.1 Å². The number of carbonyl (C=O) groups is 1. The zero-order valence-corrected chi connectivity index (χ0v) is 18.3. The van der Waals surface area contributed by atoms with E-state index in [0.717, 1.165) is 35.2 Å². The molecule has 2 aromatic rings. The van der Waals surface area contributed by atoms with Gasteiger partial charge in [0.15, 0.2) is 4.34 Å². The lowest BCUT2D eigenvalue weighted by atomic mass is 9.94. The van der Waals surface area contributed by atoms with Gasteiger partial charge in [-0.25, -0.2) is 0 Å². The van der Waals surface area contributed by atoms with Crippen LogP contribution in [0.3, 0.4) is 0 Å². The van der Waals surface area contributed by atoms with E-state index >= 15 is 0 Å². The molecule has 0 saturated heterocycles. The van der Waals surface area contributed by atoms with Gasteiger partial charge in [-0.15, -0.1) is 10.2 Å². The highest BCUT2D eigenvalue weighted by Crippen LogP contribution is 2.32. The number of rotatable bonds is 8. The highest BCUT2D eigenvalue weighted by molar-refractivity contribution is 8.02. The number of methoxy groups -OCH3 is 1. The van der Waals surface area contributed by atoms with Crippen LogP contribution in [0.4, 0.5) is 10.8 Å². The first-order chi connectivity index (χ1) is 13.6. The lowest BCUT2D eigenvalue weighted by Gasteiger charge is -2.35. The summed E-state index contributed by atoms with van der Waals surface area (Å²) in [6, 6.07) is 8.05. The number of amides is 1. The average Bonchev–Trinajstić information content (AvgIpc) is 3.16. The first-order valence-corrected chi connectivity index (χ1v) is 11.5. The van der Waals surface area contributed by atoms with Gasteiger partial charge in [0, 0.05) is 18.3 Å². The van der Waals surface area contributed by atoms with E-state index < -0.39 is 0 Å². The van der Waals surface area contributed by atoms with Crippen LogP contribution in [0, 0.1) is 0 Å². The summed E-state index contributed by atoms with van der Waals surface area (Å²) in [4.78, 5) is 15.0. The molecule has 0 spiro atoms. The maximum absolute atomic E-state index is 13.0. The minimum Gasteiger partial charge on any atom is -0.497 e. The standard InChI is InChI=1S/C20H28N4O2S2/c1-4-24(16-8-6-5-7-9-16)18(25)14(2)27-20-23-22-19(28-20)21-15-10-12-17(26-3)13-11-15/h10-14,16H,4-9H2,1-3H3,(H,21,22)/t14-/m1/s1. The third-order valence-corrected chi connectivity index (χ3v) is 7.02. The van der Waals surface area contributed by atoms with Crippen LogP contribution >= 0.6 is 23.1 Å². The SMILES string of the molecule is CCN(C(=O)[C@@H](C)Sc1nnc(Nc2ccc(OC)cc2)s1)C1CCCCC1. The van der Waals surface area contributed by atoms with Gasteiger partial charge in [0.2, 0.25) is 11.0 Å². The zero-order chi connectivity index (χ0) is 19.9. The Morgan fingerprint density at radius 1 is 1.29 bits per heavy atom. The second-order valence-corrected chi connectivity index (χ2v) is 9.47. The van der Waals surface area contributed by atoms with Gasteiger partial charge < -0.3 is 15.0 Å². The zero-order valence-electron chi connectivity index (χ0n) is 16.7. The quantitative estimate of drug-likeness (QED) is 0.609. The minimum absolute atomic E-state index is 0.163. The van der Waals surface area contributed by atoms with Crippen LogP contribution in [0.2, 0.25) is 0 Å². The number of anilines is 2. The molecule has 1 fully saturated rings. The number of aromatic nitrogens is 2. The molecular weight excluding hydrogens is 392 g/mol. The molecule has 1 N–H and O–H groups in total. The molecule has 1 aromatic heterocycles. The van der Waals surface area contributed by atoms with E-state index in [0.29, 0.717) is 11.2 Å². The first-order valence-electron chi connectivity index (χ1n) is 9.82. The Kier molecular flexibility index (Phi) is 7.56. The van der Waals surface area contributed by atoms with E-state index in [1.54, 1.807) is 7.11 Å². The van der Waals surface area contributed by atoms with Crippen molar-refractivity contribution in [2.75, 3.05) is 19.0 Å². The van der Waals surface area contributed by atoms with Gasteiger partial charge in [0.1, 0.15) is 5.75 Å². The Balaban J connectivity index is 1.57. The fourth-order valence-electron chi connectivity index (χ4n) is 3.53. The van der Waals surface area contributed by atoms with Crippen molar-refractivity contribution in [2.45, 2.75) is 61.6 Å². The Bertz CT molecular complexity index is 760. The van der Waals surface area contributed by atoms with Crippen molar-refractivity contribution in [3.63, 3.8) is 0 Å². The van der Waals surface area contributed by atoms with E-state index in [9.17, 15) is 4.79 Å². The Morgan fingerprint density at radius 2 is 2.00 bits per heavy atom. The summed E-state index contributed by atoms with van der Waals surface area (Å²) >= 11 is 2.96. The van der Waals surface area contributed by atoms with Gasteiger partial charge in [-0.2, -0.15) is 0 Å². The number of carbonyl (C=O) groups excluding carboxylic acids is 1. The summed E-state index contributed by atoms with van der Waals surface area (Å²) in [6.45, 7) is 4.82.